The molecule has 9 nitrogen and oxygen atoms in total. The first kappa shape index (κ1) is 23.8. The van der Waals surface area contributed by atoms with Crippen molar-refractivity contribution in [1.29, 1.82) is 5.26 Å². The molecule has 0 radical (unpaired) electrons. The molecule has 3 rings (SSSR count). The molecule has 0 aliphatic carbocycles. The number of nitriles is 1. The fourth-order valence-corrected chi connectivity index (χ4v) is 3.83. The molecule has 2 saturated heterocycles. The Kier molecular flexibility index (Phi) is 7.66. The van der Waals surface area contributed by atoms with E-state index in [0.29, 0.717) is 37.3 Å². The summed E-state index contributed by atoms with van der Waals surface area (Å²) in [4.78, 5) is 38.5. The maximum Gasteiger partial charge on any atom is 0.414 e. The van der Waals surface area contributed by atoms with Crippen molar-refractivity contribution < 1.29 is 23.5 Å². The lowest BCUT2D eigenvalue weighted by Crippen LogP contribution is -2.34. The lowest BCUT2D eigenvalue weighted by Gasteiger charge is -2.31. The van der Waals surface area contributed by atoms with Crippen molar-refractivity contribution in [1.82, 2.24) is 10.6 Å². The van der Waals surface area contributed by atoms with Crippen molar-refractivity contribution >= 4 is 29.3 Å². The van der Waals surface area contributed by atoms with E-state index in [4.69, 9.17) is 4.74 Å². The number of nitrogens with zero attached hydrogens (tertiary/aromatic N) is 3. The first-order chi connectivity index (χ1) is 15.8. The number of piperidine rings is 1. The number of benzene rings is 1. The van der Waals surface area contributed by atoms with Crippen LogP contribution in [0.1, 0.15) is 19.8 Å². The maximum atomic E-state index is 14.9. The van der Waals surface area contributed by atoms with Gasteiger partial charge in [-0.05, 0) is 36.6 Å². The maximum absolute atomic E-state index is 14.9. The van der Waals surface area contributed by atoms with Gasteiger partial charge in [-0.15, -0.1) is 6.58 Å². The van der Waals surface area contributed by atoms with E-state index in [1.807, 2.05) is 11.0 Å². The molecule has 3 amide bonds. The van der Waals surface area contributed by atoms with Gasteiger partial charge in [0.05, 0.1) is 24.5 Å². The molecule has 0 spiro atoms. The fourth-order valence-electron chi connectivity index (χ4n) is 3.83. The van der Waals surface area contributed by atoms with Crippen LogP contribution in [-0.4, -0.2) is 56.7 Å². The number of nitrogens with one attached hydrogen (secondary N) is 2. The molecule has 1 aromatic carbocycles. The molecular weight excluding hydrogens is 429 g/mol. The van der Waals surface area contributed by atoms with Gasteiger partial charge in [0.1, 0.15) is 23.6 Å². The summed E-state index contributed by atoms with van der Waals surface area (Å²) in [7, 11) is 0. The van der Waals surface area contributed by atoms with E-state index in [0.717, 1.165) is 5.57 Å². The van der Waals surface area contributed by atoms with Crippen LogP contribution in [0.4, 0.5) is 20.6 Å². The normalized spacial score (nSPS) is 17.8. The molecule has 0 bridgehead atoms. The highest BCUT2D eigenvalue weighted by molar-refractivity contribution is 5.98. The Hall–Kier alpha value is -3.87. The highest BCUT2D eigenvalue weighted by Gasteiger charge is 2.33. The third-order valence-electron chi connectivity index (χ3n) is 5.50. The van der Waals surface area contributed by atoms with Crippen LogP contribution in [0.5, 0.6) is 0 Å². The van der Waals surface area contributed by atoms with Crippen LogP contribution in [0, 0.1) is 17.1 Å². The largest absolute Gasteiger partial charge is 0.442 e. The number of halogens is 1. The zero-order valence-electron chi connectivity index (χ0n) is 18.4. The molecule has 2 N–H and O–H groups in total. The van der Waals surface area contributed by atoms with Crippen molar-refractivity contribution in [3.63, 3.8) is 0 Å². The van der Waals surface area contributed by atoms with Crippen LogP contribution >= 0.6 is 0 Å². The van der Waals surface area contributed by atoms with Crippen molar-refractivity contribution in [2.24, 2.45) is 0 Å². The summed E-state index contributed by atoms with van der Waals surface area (Å²) >= 11 is 0. The van der Waals surface area contributed by atoms with Crippen molar-refractivity contribution in [3.05, 3.63) is 47.8 Å². The number of carbonyl (C=O) groups excluding carboxylic acids is 3. The third kappa shape index (κ3) is 5.68. The minimum absolute atomic E-state index is 0.105. The Morgan fingerprint density at radius 1 is 1.33 bits per heavy atom. The number of amides is 3. The van der Waals surface area contributed by atoms with E-state index in [-0.39, 0.29) is 31.1 Å². The second-order valence-corrected chi connectivity index (χ2v) is 7.77. The smallest absolute Gasteiger partial charge is 0.414 e. The first-order valence-corrected chi connectivity index (χ1v) is 10.6. The highest BCUT2D eigenvalue weighted by Crippen LogP contribution is 2.31. The summed E-state index contributed by atoms with van der Waals surface area (Å²) in [6.07, 6.45) is 1.37. The predicted octanol–water partition coefficient (Wildman–Crippen LogP) is 2.01. The Labute approximate surface area is 191 Å². The fraction of sp³-hybridized carbons (Fsp3) is 0.391. The van der Waals surface area contributed by atoms with E-state index in [1.165, 1.54) is 24.0 Å². The molecule has 10 heteroatoms. The molecule has 33 heavy (non-hydrogen) atoms. The summed E-state index contributed by atoms with van der Waals surface area (Å²) in [5, 5.41) is 14.6. The first-order valence-electron chi connectivity index (χ1n) is 10.6. The van der Waals surface area contributed by atoms with E-state index in [1.54, 1.807) is 12.1 Å². The third-order valence-corrected chi connectivity index (χ3v) is 5.50. The summed E-state index contributed by atoms with van der Waals surface area (Å²) in [5.74, 6) is -1.13. The van der Waals surface area contributed by atoms with Crippen LogP contribution in [0.2, 0.25) is 0 Å². The van der Waals surface area contributed by atoms with Gasteiger partial charge in [-0.3, -0.25) is 14.5 Å². The van der Waals surface area contributed by atoms with E-state index < -0.39 is 23.9 Å². The Morgan fingerprint density at radius 3 is 2.67 bits per heavy atom. The minimum Gasteiger partial charge on any atom is -0.442 e. The van der Waals surface area contributed by atoms with Gasteiger partial charge < -0.3 is 20.3 Å². The van der Waals surface area contributed by atoms with E-state index in [9.17, 15) is 24.0 Å². The van der Waals surface area contributed by atoms with Gasteiger partial charge in [0.2, 0.25) is 5.91 Å². The topological polar surface area (TPSA) is 115 Å². The Balaban J connectivity index is 1.66. The molecule has 2 aliphatic heterocycles. The summed E-state index contributed by atoms with van der Waals surface area (Å²) < 4.78 is 20.2. The van der Waals surface area contributed by atoms with E-state index >= 15 is 0 Å². The van der Waals surface area contributed by atoms with Crippen LogP contribution in [0.25, 0.3) is 0 Å². The van der Waals surface area contributed by atoms with Gasteiger partial charge in [-0.1, -0.05) is 6.08 Å². The highest BCUT2D eigenvalue weighted by atomic mass is 19.1. The predicted molar refractivity (Wildman–Crippen MR) is 120 cm³/mol. The number of anilines is 2. The number of cyclic esters (lactones) is 1. The molecule has 174 valence electrons. The Bertz CT molecular complexity index is 1020. The van der Waals surface area contributed by atoms with Gasteiger partial charge in [0, 0.05) is 26.6 Å². The second-order valence-electron chi connectivity index (χ2n) is 7.77. The summed E-state index contributed by atoms with van der Waals surface area (Å²) in [6, 6.07) is 6.52. The van der Waals surface area contributed by atoms with Gasteiger partial charge in [0.25, 0.3) is 5.91 Å². The number of carbonyl (C=O) groups is 3. The Morgan fingerprint density at radius 2 is 2.06 bits per heavy atom. The molecule has 2 fully saturated rings. The number of hydrogen-bond donors (Lipinski definition) is 2. The average molecular weight is 455 g/mol. The molecule has 1 aromatic rings. The lowest BCUT2D eigenvalue weighted by molar-refractivity contribution is -0.119. The SMILES string of the molecule is C=CCNC(=O)C(C#N)=C1CCN(c2ccc(N3CC(CNC(C)=O)OC3=O)cc2F)CC1. The molecule has 1 unspecified atom stereocenters. The van der Waals surface area contributed by atoms with Gasteiger partial charge >= 0.3 is 6.09 Å². The van der Waals surface area contributed by atoms with Crippen molar-refractivity contribution in [3.8, 4) is 6.07 Å². The number of hydrogen-bond acceptors (Lipinski definition) is 6. The number of rotatable bonds is 7. The molecular formula is C23H26FN5O4. The average Bonchev–Trinajstić information content (AvgIpc) is 3.18. The lowest BCUT2D eigenvalue weighted by atomic mass is 9.97. The monoisotopic (exact) mass is 455 g/mol. The minimum atomic E-state index is -0.594. The van der Waals surface area contributed by atoms with Crippen LogP contribution in [-0.2, 0) is 14.3 Å². The summed E-state index contributed by atoms with van der Waals surface area (Å²) in [6.45, 7) is 6.50. The molecule has 2 aliphatic rings. The molecule has 1 atom stereocenters. The summed E-state index contributed by atoms with van der Waals surface area (Å²) in [5.41, 5.74) is 1.61. The molecule has 0 saturated carbocycles. The molecule has 2 heterocycles. The quantitative estimate of drug-likeness (QED) is 0.369. The molecule has 0 aromatic heterocycles. The van der Waals surface area contributed by atoms with Gasteiger partial charge in [-0.2, -0.15) is 5.26 Å². The van der Waals surface area contributed by atoms with Crippen LogP contribution < -0.4 is 20.4 Å². The van der Waals surface area contributed by atoms with Gasteiger partial charge in [-0.25, -0.2) is 9.18 Å². The van der Waals surface area contributed by atoms with Gasteiger partial charge in [0.15, 0.2) is 0 Å². The zero-order chi connectivity index (χ0) is 24.0. The standard InChI is InChI=1S/C23H26FN5O4/c1-3-8-26-22(31)19(12-25)16-6-9-28(10-7-16)21-5-4-17(11-20(21)24)29-14-18(33-23(29)32)13-27-15(2)30/h3-5,11,18H,1,6-10,13-14H2,2H3,(H,26,31)(H,27,30). The van der Waals surface area contributed by atoms with Crippen LogP contribution in [0.15, 0.2) is 42.0 Å². The zero-order valence-corrected chi connectivity index (χ0v) is 18.4. The van der Waals surface area contributed by atoms with Crippen molar-refractivity contribution in [2.45, 2.75) is 25.9 Å². The van der Waals surface area contributed by atoms with E-state index in [2.05, 4.69) is 17.2 Å². The second kappa shape index (κ2) is 10.6. The number of ether oxygens (including phenoxy) is 1. The van der Waals surface area contributed by atoms with Crippen LogP contribution in [0.3, 0.4) is 0 Å². The van der Waals surface area contributed by atoms with Crippen molar-refractivity contribution in [2.75, 3.05) is 42.5 Å².